The summed E-state index contributed by atoms with van der Waals surface area (Å²) in [5.74, 6) is 0.177. The fourth-order valence-electron chi connectivity index (χ4n) is 5.17. The third-order valence-corrected chi connectivity index (χ3v) is 7.76. The van der Waals surface area contributed by atoms with Crippen LogP contribution in [-0.2, 0) is 4.79 Å². The molecule has 1 heterocycles. The summed E-state index contributed by atoms with van der Waals surface area (Å²) < 4.78 is 0. The molecule has 2 aliphatic carbocycles. The van der Waals surface area contributed by atoms with Crippen LogP contribution in [-0.4, -0.2) is 51.7 Å². The predicted molar refractivity (Wildman–Crippen MR) is 114 cm³/mol. The third-order valence-electron chi connectivity index (χ3n) is 7.26. The number of allylic oxidation sites excluding steroid dienone is 1. The number of rotatable bonds is 13. The SMILES string of the molecule is O=C(O)CCC/C=C\C[C@H]1[C@H](Cl)CCN1CCCC(O)C1(CC2CC2)CCC1. The van der Waals surface area contributed by atoms with Gasteiger partial charge < -0.3 is 10.2 Å². The van der Waals surface area contributed by atoms with E-state index in [9.17, 15) is 9.90 Å². The maximum absolute atomic E-state index is 10.9. The average Bonchev–Trinajstić information content (AvgIpc) is 3.38. The number of halogens is 1. The molecule has 0 spiro atoms. The van der Waals surface area contributed by atoms with Gasteiger partial charge in [0.2, 0.25) is 0 Å². The van der Waals surface area contributed by atoms with Gasteiger partial charge in [-0.05, 0) is 82.2 Å². The van der Waals surface area contributed by atoms with E-state index < -0.39 is 5.97 Å². The largest absolute Gasteiger partial charge is 0.481 e. The molecule has 0 aromatic carbocycles. The van der Waals surface area contributed by atoms with Crippen LogP contribution >= 0.6 is 11.6 Å². The van der Waals surface area contributed by atoms with Crippen LogP contribution in [0.5, 0.6) is 0 Å². The smallest absolute Gasteiger partial charge is 0.303 e. The number of aliphatic carboxylic acids is 1. The second kappa shape index (κ2) is 10.4. The Morgan fingerprint density at radius 3 is 2.64 bits per heavy atom. The summed E-state index contributed by atoms with van der Waals surface area (Å²) in [6.45, 7) is 2.08. The zero-order valence-corrected chi connectivity index (χ0v) is 18.0. The highest BCUT2D eigenvalue weighted by Crippen LogP contribution is 2.53. The molecular weight excluding hydrogens is 374 g/mol. The van der Waals surface area contributed by atoms with Gasteiger partial charge in [-0.25, -0.2) is 0 Å². The molecule has 1 aliphatic heterocycles. The predicted octanol–water partition coefficient (Wildman–Crippen LogP) is 4.98. The van der Waals surface area contributed by atoms with Crippen LogP contribution in [0.4, 0.5) is 0 Å². The number of likely N-dealkylation sites (tertiary alicyclic amines) is 1. The highest BCUT2D eigenvalue weighted by atomic mass is 35.5. The maximum Gasteiger partial charge on any atom is 0.303 e. The summed E-state index contributed by atoms with van der Waals surface area (Å²) in [6.07, 6.45) is 17.6. The molecule has 0 aromatic rings. The van der Waals surface area contributed by atoms with Crippen LogP contribution in [0.3, 0.4) is 0 Å². The number of hydrogen-bond acceptors (Lipinski definition) is 3. The van der Waals surface area contributed by atoms with E-state index in [2.05, 4.69) is 17.1 Å². The van der Waals surface area contributed by atoms with E-state index >= 15 is 0 Å². The molecule has 1 unspecified atom stereocenters. The van der Waals surface area contributed by atoms with Gasteiger partial charge in [0.1, 0.15) is 0 Å². The van der Waals surface area contributed by atoms with E-state index in [1.165, 1.54) is 38.5 Å². The van der Waals surface area contributed by atoms with Crippen molar-refractivity contribution in [3.8, 4) is 0 Å². The molecular formula is C23H38ClNO3. The van der Waals surface area contributed by atoms with Crippen LogP contribution in [0.15, 0.2) is 12.2 Å². The first kappa shape index (κ1) is 22.1. The van der Waals surface area contributed by atoms with Gasteiger partial charge in [-0.2, -0.15) is 0 Å². The highest BCUT2D eigenvalue weighted by molar-refractivity contribution is 6.21. The zero-order chi connectivity index (χ0) is 20.0. The molecule has 2 N–H and O–H groups in total. The number of unbranched alkanes of at least 4 members (excludes halogenated alkanes) is 1. The second-order valence-electron chi connectivity index (χ2n) is 9.42. The first-order valence-corrected chi connectivity index (χ1v) is 11.9. The minimum Gasteiger partial charge on any atom is -0.481 e. The molecule has 3 rings (SSSR count). The van der Waals surface area contributed by atoms with Crippen LogP contribution in [0.25, 0.3) is 0 Å². The molecule has 0 amide bonds. The minimum absolute atomic E-state index is 0.121. The van der Waals surface area contributed by atoms with Gasteiger partial charge in [-0.1, -0.05) is 31.4 Å². The van der Waals surface area contributed by atoms with Crippen molar-refractivity contribution >= 4 is 17.6 Å². The number of hydrogen-bond donors (Lipinski definition) is 2. The molecule has 3 fully saturated rings. The second-order valence-corrected chi connectivity index (χ2v) is 9.98. The van der Waals surface area contributed by atoms with Crippen LogP contribution in [0.2, 0.25) is 0 Å². The molecule has 160 valence electrons. The summed E-state index contributed by atoms with van der Waals surface area (Å²) in [4.78, 5) is 13.1. The van der Waals surface area contributed by atoms with E-state index in [1.807, 2.05) is 0 Å². The number of aliphatic hydroxyl groups is 1. The van der Waals surface area contributed by atoms with E-state index in [4.69, 9.17) is 16.7 Å². The number of alkyl halides is 1. The van der Waals surface area contributed by atoms with Crippen molar-refractivity contribution in [1.82, 2.24) is 4.90 Å². The van der Waals surface area contributed by atoms with Gasteiger partial charge in [-0.3, -0.25) is 9.69 Å². The van der Waals surface area contributed by atoms with Gasteiger partial charge in [0.25, 0.3) is 0 Å². The Morgan fingerprint density at radius 1 is 1.21 bits per heavy atom. The molecule has 0 radical (unpaired) electrons. The van der Waals surface area contributed by atoms with E-state index in [0.29, 0.717) is 12.5 Å². The summed E-state index contributed by atoms with van der Waals surface area (Å²) in [7, 11) is 0. The molecule has 3 atom stereocenters. The van der Waals surface area contributed by atoms with Crippen molar-refractivity contribution in [2.75, 3.05) is 13.1 Å². The zero-order valence-electron chi connectivity index (χ0n) is 17.2. The monoisotopic (exact) mass is 411 g/mol. The molecule has 3 aliphatic rings. The van der Waals surface area contributed by atoms with Crippen LogP contribution in [0.1, 0.15) is 83.5 Å². The summed E-state index contributed by atoms with van der Waals surface area (Å²) in [5, 5.41) is 19.7. The van der Waals surface area contributed by atoms with Crippen molar-refractivity contribution in [1.29, 1.82) is 0 Å². The maximum atomic E-state index is 10.9. The average molecular weight is 412 g/mol. The topological polar surface area (TPSA) is 60.8 Å². The van der Waals surface area contributed by atoms with Crippen molar-refractivity contribution in [3.05, 3.63) is 12.2 Å². The fraction of sp³-hybridized carbons (Fsp3) is 0.870. The lowest BCUT2D eigenvalue weighted by Gasteiger charge is -2.46. The van der Waals surface area contributed by atoms with Crippen molar-refractivity contribution < 1.29 is 15.0 Å². The summed E-state index contributed by atoms with van der Waals surface area (Å²) >= 11 is 6.56. The van der Waals surface area contributed by atoms with Crippen molar-refractivity contribution in [2.45, 2.75) is 101 Å². The number of aliphatic hydroxyl groups excluding tert-OH is 1. The highest BCUT2D eigenvalue weighted by Gasteiger charge is 2.46. The quantitative estimate of drug-likeness (QED) is 0.255. The lowest BCUT2D eigenvalue weighted by atomic mass is 9.61. The molecule has 0 bridgehead atoms. The lowest BCUT2D eigenvalue weighted by molar-refractivity contribution is -0.137. The van der Waals surface area contributed by atoms with Gasteiger partial charge in [0.05, 0.1) is 11.5 Å². The minimum atomic E-state index is -0.723. The standard InChI is InChI=1S/C23H38ClNO3/c24-19-12-16-25(20(19)7-3-1-2-4-9-22(27)28)15-5-8-21(26)23(13-6-14-23)17-18-10-11-18/h1,3,18-21,26H,2,4-17H2,(H,27,28)/b3-1-/t19-,20+,21?/m1/s1. The van der Waals surface area contributed by atoms with E-state index in [-0.39, 0.29) is 23.3 Å². The molecule has 0 aromatic heterocycles. The molecule has 4 nitrogen and oxygen atoms in total. The Kier molecular flexibility index (Phi) is 8.25. The lowest BCUT2D eigenvalue weighted by Crippen LogP contribution is -2.42. The number of nitrogens with zero attached hydrogens (tertiary/aromatic N) is 1. The number of carboxylic acids is 1. The van der Waals surface area contributed by atoms with Gasteiger partial charge in [0, 0.05) is 12.5 Å². The normalized spacial score (nSPS) is 28.5. The summed E-state index contributed by atoms with van der Waals surface area (Å²) in [6, 6.07) is 0.374. The fourth-order valence-corrected chi connectivity index (χ4v) is 5.53. The molecule has 1 saturated heterocycles. The first-order chi connectivity index (χ1) is 13.5. The van der Waals surface area contributed by atoms with Crippen LogP contribution < -0.4 is 0 Å². The molecule has 5 heteroatoms. The number of carbonyl (C=O) groups is 1. The summed E-state index contributed by atoms with van der Waals surface area (Å²) in [5.41, 5.74) is 0.249. The van der Waals surface area contributed by atoms with Crippen LogP contribution in [0, 0.1) is 11.3 Å². The third kappa shape index (κ3) is 6.21. The van der Waals surface area contributed by atoms with E-state index in [0.717, 1.165) is 51.1 Å². The Labute approximate surface area is 175 Å². The molecule has 28 heavy (non-hydrogen) atoms. The first-order valence-electron chi connectivity index (χ1n) is 11.4. The van der Waals surface area contributed by atoms with Crippen molar-refractivity contribution in [3.63, 3.8) is 0 Å². The Balaban J connectivity index is 1.36. The van der Waals surface area contributed by atoms with Gasteiger partial charge in [-0.15, -0.1) is 11.6 Å². The number of carboxylic acid groups (broad SMARTS) is 1. The molecule has 2 saturated carbocycles. The van der Waals surface area contributed by atoms with Crippen molar-refractivity contribution in [2.24, 2.45) is 11.3 Å². The van der Waals surface area contributed by atoms with Gasteiger partial charge >= 0.3 is 5.97 Å². The van der Waals surface area contributed by atoms with E-state index in [1.54, 1.807) is 0 Å². The Hall–Kier alpha value is -0.580. The Morgan fingerprint density at radius 2 is 2.00 bits per heavy atom. The Bertz CT molecular complexity index is 530. The van der Waals surface area contributed by atoms with Gasteiger partial charge in [0.15, 0.2) is 0 Å².